The Hall–Kier alpha value is -0.530. The van der Waals surface area contributed by atoms with Gasteiger partial charge in [0.05, 0.1) is 5.92 Å². The summed E-state index contributed by atoms with van der Waals surface area (Å²) in [5.41, 5.74) is 0. The Kier molecular flexibility index (Phi) is 1.22. The summed E-state index contributed by atoms with van der Waals surface area (Å²) in [7, 11) is 0. The van der Waals surface area contributed by atoms with Gasteiger partial charge >= 0.3 is 5.97 Å². The molecule has 56 valence electrons. The van der Waals surface area contributed by atoms with Crippen molar-refractivity contribution in [3.63, 3.8) is 0 Å². The first-order valence-electron chi connectivity index (χ1n) is 4.00. The molecule has 3 atom stereocenters. The van der Waals surface area contributed by atoms with Gasteiger partial charge in [-0.2, -0.15) is 0 Å². The molecule has 0 aromatic carbocycles. The highest BCUT2D eigenvalue weighted by Crippen LogP contribution is 2.48. The maximum absolute atomic E-state index is 10.6. The summed E-state index contributed by atoms with van der Waals surface area (Å²) in [5, 5.41) is 8.74. The largest absolute Gasteiger partial charge is 0.481 e. The van der Waals surface area contributed by atoms with Crippen molar-refractivity contribution in [1.29, 1.82) is 0 Å². The van der Waals surface area contributed by atoms with Crippen LogP contribution in [0.1, 0.15) is 25.7 Å². The number of hydrogen-bond acceptors (Lipinski definition) is 1. The van der Waals surface area contributed by atoms with E-state index in [0.29, 0.717) is 5.92 Å². The van der Waals surface area contributed by atoms with Crippen LogP contribution in [0.15, 0.2) is 0 Å². The molecule has 2 aliphatic rings. The van der Waals surface area contributed by atoms with Crippen LogP contribution in [0.5, 0.6) is 0 Å². The lowest BCUT2D eigenvalue weighted by atomic mass is 9.89. The minimum atomic E-state index is -0.563. The molecular weight excluding hydrogens is 128 g/mol. The number of rotatable bonds is 1. The lowest BCUT2D eigenvalue weighted by molar-refractivity contribution is -0.143. The lowest BCUT2D eigenvalue weighted by Crippen LogP contribution is -2.19. The Bertz CT molecular complexity index is 165. The molecule has 1 N–H and O–H groups in total. The van der Waals surface area contributed by atoms with Gasteiger partial charge in [0.2, 0.25) is 0 Å². The fraction of sp³-hybridized carbons (Fsp3) is 0.875. The van der Waals surface area contributed by atoms with E-state index in [-0.39, 0.29) is 5.92 Å². The Balaban J connectivity index is 2.08. The van der Waals surface area contributed by atoms with Gasteiger partial charge in [0.25, 0.3) is 0 Å². The molecule has 2 aliphatic carbocycles. The van der Waals surface area contributed by atoms with Crippen LogP contribution in [0.4, 0.5) is 0 Å². The zero-order valence-electron chi connectivity index (χ0n) is 5.92. The number of carbonyl (C=O) groups is 1. The summed E-state index contributed by atoms with van der Waals surface area (Å²) >= 11 is 0. The van der Waals surface area contributed by atoms with Crippen molar-refractivity contribution in [2.24, 2.45) is 17.8 Å². The van der Waals surface area contributed by atoms with Crippen LogP contribution in [0.2, 0.25) is 0 Å². The van der Waals surface area contributed by atoms with E-state index in [4.69, 9.17) is 5.11 Å². The van der Waals surface area contributed by atoms with Crippen LogP contribution in [-0.2, 0) is 4.79 Å². The first-order chi connectivity index (χ1) is 4.77. The Morgan fingerprint density at radius 1 is 1.30 bits per heavy atom. The average molecular weight is 140 g/mol. The predicted octanol–water partition coefficient (Wildman–Crippen LogP) is 1.51. The molecule has 2 nitrogen and oxygen atoms in total. The van der Waals surface area contributed by atoms with Crippen LogP contribution < -0.4 is 0 Å². The van der Waals surface area contributed by atoms with Crippen LogP contribution in [-0.4, -0.2) is 11.1 Å². The van der Waals surface area contributed by atoms with Crippen molar-refractivity contribution >= 4 is 5.97 Å². The molecule has 2 rings (SSSR count). The van der Waals surface area contributed by atoms with Gasteiger partial charge in [-0.25, -0.2) is 0 Å². The molecule has 0 spiro atoms. The van der Waals surface area contributed by atoms with E-state index in [0.717, 1.165) is 12.3 Å². The molecule has 0 unspecified atom stereocenters. The highest BCUT2D eigenvalue weighted by molar-refractivity contribution is 5.71. The third kappa shape index (κ3) is 0.746. The van der Waals surface area contributed by atoms with E-state index < -0.39 is 5.97 Å². The second-order valence-corrected chi connectivity index (χ2v) is 3.62. The van der Waals surface area contributed by atoms with Gasteiger partial charge in [0.1, 0.15) is 0 Å². The fourth-order valence-electron chi connectivity index (χ4n) is 2.55. The van der Waals surface area contributed by atoms with Crippen LogP contribution in [0.3, 0.4) is 0 Å². The molecule has 0 radical (unpaired) electrons. The predicted molar refractivity (Wildman–Crippen MR) is 36.6 cm³/mol. The molecule has 0 aliphatic heterocycles. The monoisotopic (exact) mass is 140 g/mol. The van der Waals surface area contributed by atoms with Gasteiger partial charge in [-0.05, 0) is 31.1 Å². The zero-order valence-corrected chi connectivity index (χ0v) is 5.92. The van der Waals surface area contributed by atoms with Gasteiger partial charge in [-0.15, -0.1) is 0 Å². The highest BCUT2D eigenvalue weighted by atomic mass is 16.4. The Morgan fingerprint density at radius 3 is 2.40 bits per heavy atom. The summed E-state index contributed by atoms with van der Waals surface area (Å²) < 4.78 is 0. The van der Waals surface area contributed by atoms with Crippen LogP contribution in [0.25, 0.3) is 0 Å². The highest BCUT2D eigenvalue weighted by Gasteiger charge is 2.42. The molecular formula is C8H12O2. The van der Waals surface area contributed by atoms with Gasteiger partial charge in [-0.3, -0.25) is 4.79 Å². The Morgan fingerprint density at radius 2 is 2.10 bits per heavy atom. The third-order valence-corrected chi connectivity index (χ3v) is 3.06. The van der Waals surface area contributed by atoms with Crippen LogP contribution in [0, 0.1) is 17.8 Å². The average Bonchev–Trinajstić information content (AvgIpc) is 2.44. The van der Waals surface area contributed by atoms with Crippen molar-refractivity contribution in [2.45, 2.75) is 25.7 Å². The third-order valence-electron chi connectivity index (χ3n) is 3.06. The molecule has 0 amide bonds. The second-order valence-electron chi connectivity index (χ2n) is 3.62. The Labute approximate surface area is 60.2 Å². The normalized spacial score (nSPS) is 44.2. The van der Waals surface area contributed by atoms with Crippen molar-refractivity contribution in [3.8, 4) is 0 Å². The standard InChI is InChI=1S/C8H12O2/c9-8(10)7-4-5-1-2-6(7)3-5/h5-7H,1-4H2,(H,9,10)/t5-,6+,7+/m0/s1. The molecule has 0 heterocycles. The molecule has 2 heteroatoms. The summed E-state index contributed by atoms with van der Waals surface area (Å²) in [6.45, 7) is 0. The SMILES string of the molecule is O=C(O)[C@@H]1C[C@H]2CC[C@@H]1C2. The van der Waals surface area contributed by atoms with E-state index in [9.17, 15) is 4.79 Å². The minimum Gasteiger partial charge on any atom is -0.481 e. The van der Waals surface area contributed by atoms with E-state index in [1.54, 1.807) is 0 Å². The van der Waals surface area contributed by atoms with E-state index in [1.165, 1.54) is 19.3 Å². The molecule has 2 saturated carbocycles. The lowest BCUT2D eigenvalue weighted by Gasteiger charge is -2.16. The van der Waals surface area contributed by atoms with Gasteiger partial charge in [0, 0.05) is 0 Å². The van der Waals surface area contributed by atoms with E-state index in [2.05, 4.69) is 0 Å². The number of hydrogen-bond donors (Lipinski definition) is 1. The number of fused-ring (bicyclic) bond motifs is 2. The first-order valence-corrected chi connectivity index (χ1v) is 4.00. The van der Waals surface area contributed by atoms with Crippen molar-refractivity contribution in [3.05, 3.63) is 0 Å². The van der Waals surface area contributed by atoms with E-state index in [1.807, 2.05) is 0 Å². The van der Waals surface area contributed by atoms with Crippen molar-refractivity contribution in [1.82, 2.24) is 0 Å². The summed E-state index contributed by atoms with van der Waals surface area (Å²) in [6, 6.07) is 0. The minimum absolute atomic E-state index is 0.0127. The zero-order chi connectivity index (χ0) is 7.14. The number of carboxylic acids is 1. The van der Waals surface area contributed by atoms with Gasteiger partial charge in [-0.1, -0.05) is 6.42 Å². The molecule has 0 aromatic rings. The van der Waals surface area contributed by atoms with Crippen molar-refractivity contribution < 1.29 is 9.90 Å². The summed E-state index contributed by atoms with van der Waals surface area (Å²) in [5.74, 6) is 0.736. The van der Waals surface area contributed by atoms with E-state index >= 15 is 0 Å². The molecule has 0 saturated heterocycles. The van der Waals surface area contributed by atoms with Gasteiger partial charge in [0.15, 0.2) is 0 Å². The smallest absolute Gasteiger partial charge is 0.306 e. The molecule has 10 heavy (non-hydrogen) atoms. The summed E-state index contributed by atoms with van der Waals surface area (Å²) in [4.78, 5) is 10.6. The maximum atomic E-state index is 10.6. The van der Waals surface area contributed by atoms with Gasteiger partial charge < -0.3 is 5.11 Å². The molecule has 2 fully saturated rings. The molecule has 0 aromatic heterocycles. The quantitative estimate of drug-likeness (QED) is 0.599. The fourth-order valence-corrected chi connectivity index (χ4v) is 2.55. The first kappa shape index (κ1) is 6.20. The topological polar surface area (TPSA) is 37.3 Å². The maximum Gasteiger partial charge on any atom is 0.306 e. The molecule has 2 bridgehead atoms. The van der Waals surface area contributed by atoms with Crippen LogP contribution >= 0.6 is 0 Å². The summed E-state index contributed by atoms with van der Waals surface area (Å²) in [6.07, 6.45) is 4.60. The number of aliphatic carboxylic acids is 1. The van der Waals surface area contributed by atoms with Crippen molar-refractivity contribution in [2.75, 3.05) is 0 Å². The second kappa shape index (κ2) is 1.97. The number of carboxylic acid groups (broad SMARTS) is 1.